The molecule has 4 nitrogen and oxygen atoms in total. The number of methoxy groups -OCH3 is 1. The van der Waals surface area contributed by atoms with Gasteiger partial charge in [-0.3, -0.25) is 4.98 Å². The first kappa shape index (κ1) is 16.5. The molecule has 0 radical (unpaired) electrons. The second-order valence-electron chi connectivity index (χ2n) is 5.71. The Kier molecular flexibility index (Phi) is 5.92. The molecule has 2 rings (SSSR count). The van der Waals surface area contributed by atoms with Gasteiger partial charge in [0.15, 0.2) is 0 Å². The number of aromatic nitrogens is 1. The molecule has 2 N–H and O–H groups in total. The molecular weight excluding hydrogens is 276 g/mol. The lowest BCUT2D eigenvalue weighted by atomic mass is 9.95. The van der Waals surface area contributed by atoms with Gasteiger partial charge in [0.1, 0.15) is 5.75 Å². The van der Waals surface area contributed by atoms with E-state index in [1.807, 2.05) is 24.3 Å². The van der Waals surface area contributed by atoms with E-state index in [1.54, 1.807) is 19.5 Å². The summed E-state index contributed by atoms with van der Waals surface area (Å²) in [4.78, 5) is 4.04. The van der Waals surface area contributed by atoms with Crippen LogP contribution in [-0.2, 0) is 0 Å². The second-order valence-corrected chi connectivity index (χ2v) is 5.71. The largest absolute Gasteiger partial charge is 0.497 e. The number of hydrogen-bond acceptors (Lipinski definition) is 4. The third-order valence-electron chi connectivity index (χ3n) is 3.74. The standard InChI is InChI=1S/C18H24N2O2/c1-13(2)18(14-6-8-16(22-3)9-7-14)20-12-17(21)15-5-4-10-19-11-15/h4-11,13,17-18,20-21H,12H2,1-3H3/t17-,18-/m0/s1. The van der Waals surface area contributed by atoms with E-state index in [0.717, 1.165) is 11.3 Å². The second kappa shape index (κ2) is 7.92. The molecule has 2 atom stereocenters. The molecule has 118 valence electrons. The minimum absolute atomic E-state index is 0.178. The van der Waals surface area contributed by atoms with Crippen LogP contribution < -0.4 is 10.1 Å². The van der Waals surface area contributed by atoms with Gasteiger partial charge < -0.3 is 15.2 Å². The van der Waals surface area contributed by atoms with Crippen LogP contribution in [0.4, 0.5) is 0 Å². The van der Waals surface area contributed by atoms with Crippen LogP contribution in [0.25, 0.3) is 0 Å². The summed E-state index contributed by atoms with van der Waals surface area (Å²) in [5, 5.41) is 13.7. The van der Waals surface area contributed by atoms with Crippen LogP contribution in [0, 0.1) is 5.92 Å². The molecule has 0 unspecified atom stereocenters. The van der Waals surface area contributed by atoms with E-state index < -0.39 is 6.10 Å². The SMILES string of the molecule is COc1ccc([C@@H](NC[C@H](O)c2cccnc2)C(C)C)cc1. The Bertz CT molecular complexity index is 555. The van der Waals surface area contributed by atoms with E-state index in [1.165, 1.54) is 5.56 Å². The van der Waals surface area contributed by atoms with Crippen LogP contribution in [0.1, 0.15) is 37.1 Å². The van der Waals surface area contributed by atoms with Gasteiger partial charge in [-0.15, -0.1) is 0 Å². The number of benzene rings is 1. The van der Waals surface area contributed by atoms with Crippen LogP contribution >= 0.6 is 0 Å². The summed E-state index contributed by atoms with van der Waals surface area (Å²) in [6.45, 7) is 4.82. The summed E-state index contributed by atoms with van der Waals surface area (Å²) in [7, 11) is 1.66. The maximum atomic E-state index is 10.3. The average molecular weight is 300 g/mol. The maximum absolute atomic E-state index is 10.3. The minimum atomic E-state index is -0.562. The van der Waals surface area contributed by atoms with E-state index in [9.17, 15) is 5.11 Å². The number of aliphatic hydroxyl groups excluding tert-OH is 1. The Morgan fingerprint density at radius 3 is 2.41 bits per heavy atom. The van der Waals surface area contributed by atoms with Crippen LogP contribution in [0.3, 0.4) is 0 Å². The smallest absolute Gasteiger partial charge is 0.118 e. The molecule has 0 saturated heterocycles. The lowest BCUT2D eigenvalue weighted by molar-refractivity contribution is 0.165. The van der Waals surface area contributed by atoms with E-state index >= 15 is 0 Å². The molecule has 1 heterocycles. The Labute approximate surface area is 132 Å². The first-order valence-corrected chi connectivity index (χ1v) is 7.57. The van der Waals surface area contributed by atoms with Gasteiger partial charge in [-0.25, -0.2) is 0 Å². The van der Waals surface area contributed by atoms with Crippen molar-refractivity contribution in [3.05, 3.63) is 59.9 Å². The van der Waals surface area contributed by atoms with E-state index in [2.05, 4.69) is 36.3 Å². The van der Waals surface area contributed by atoms with Gasteiger partial charge >= 0.3 is 0 Å². The lowest BCUT2D eigenvalue weighted by Gasteiger charge is -2.25. The van der Waals surface area contributed by atoms with Crippen LogP contribution in [-0.4, -0.2) is 23.7 Å². The highest BCUT2D eigenvalue weighted by atomic mass is 16.5. The summed E-state index contributed by atoms with van der Waals surface area (Å²) < 4.78 is 5.20. The minimum Gasteiger partial charge on any atom is -0.497 e. The van der Waals surface area contributed by atoms with E-state index in [-0.39, 0.29) is 6.04 Å². The average Bonchev–Trinajstić information content (AvgIpc) is 2.56. The van der Waals surface area contributed by atoms with Crippen molar-refractivity contribution in [2.75, 3.05) is 13.7 Å². The van der Waals surface area contributed by atoms with Gasteiger partial charge in [0.05, 0.1) is 13.2 Å². The molecule has 1 aromatic heterocycles. The molecule has 0 aliphatic rings. The highest BCUT2D eigenvalue weighted by molar-refractivity contribution is 5.29. The maximum Gasteiger partial charge on any atom is 0.118 e. The quantitative estimate of drug-likeness (QED) is 0.825. The summed E-state index contributed by atoms with van der Waals surface area (Å²) in [5.41, 5.74) is 2.02. The van der Waals surface area contributed by atoms with Gasteiger partial charge in [-0.1, -0.05) is 32.0 Å². The normalized spacial score (nSPS) is 13.9. The third-order valence-corrected chi connectivity index (χ3v) is 3.74. The topological polar surface area (TPSA) is 54.4 Å². The molecule has 0 amide bonds. The van der Waals surface area contributed by atoms with Gasteiger partial charge in [0.25, 0.3) is 0 Å². The number of nitrogens with zero attached hydrogens (tertiary/aromatic N) is 1. The fourth-order valence-corrected chi connectivity index (χ4v) is 2.48. The van der Waals surface area contributed by atoms with Crippen molar-refractivity contribution in [2.24, 2.45) is 5.92 Å². The summed E-state index contributed by atoms with van der Waals surface area (Å²) in [5.74, 6) is 1.26. The Hall–Kier alpha value is -1.91. The molecule has 0 fully saturated rings. The molecular formula is C18H24N2O2. The Balaban J connectivity index is 2.02. The highest BCUT2D eigenvalue weighted by Crippen LogP contribution is 2.24. The van der Waals surface area contributed by atoms with Crippen molar-refractivity contribution in [3.8, 4) is 5.75 Å². The Morgan fingerprint density at radius 2 is 1.86 bits per heavy atom. The molecule has 0 saturated carbocycles. The number of pyridine rings is 1. The van der Waals surface area contributed by atoms with E-state index in [0.29, 0.717) is 12.5 Å². The van der Waals surface area contributed by atoms with Crippen LogP contribution in [0.2, 0.25) is 0 Å². The predicted molar refractivity (Wildman–Crippen MR) is 87.8 cm³/mol. The first-order chi connectivity index (χ1) is 10.6. The van der Waals surface area contributed by atoms with Crippen molar-refractivity contribution in [1.82, 2.24) is 10.3 Å². The third kappa shape index (κ3) is 4.29. The fourth-order valence-electron chi connectivity index (χ4n) is 2.48. The fraction of sp³-hybridized carbons (Fsp3) is 0.389. The summed E-state index contributed by atoms with van der Waals surface area (Å²) in [6.07, 6.45) is 2.84. The van der Waals surface area contributed by atoms with Crippen molar-refractivity contribution in [1.29, 1.82) is 0 Å². The number of hydrogen-bond donors (Lipinski definition) is 2. The van der Waals surface area contributed by atoms with Crippen molar-refractivity contribution >= 4 is 0 Å². The molecule has 0 spiro atoms. The number of rotatable bonds is 7. The first-order valence-electron chi connectivity index (χ1n) is 7.57. The zero-order valence-corrected chi connectivity index (χ0v) is 13.4. The highest BCUT2D eigenvalue weighted by Gasteiger charge is 2.17. The van der Waals surface area contributed by atoms with Crippen molar-refractivity contribution in [3.63, 3.8) is 0 Å². The van der Waals surface area contributed by atoms with E-state index in [4.69, 9.17) is 4.74 Å². The van der Waals surface area contributed by atoms with Gasteiger partial charge in [-0.05, 0) is 29.7 Å². The van der Waals surface area contributed by atoms with Crippen LogP contribution in [0.15, 0.2) is 48.8 Å². The summed E-state index contributed by atoms with van der Waals surface area (Å²) >= 11 is 0. The van der Waals surface area contributed by atoms with Crippen molar-refractivity contribution < 1.29 is 9.84 Å². The van der Waals surface area contributed by atoms with Gasteiger partial charge in [-0.2, -0.15) is 0 Å². The summed E-state index contributed by atoms with van der Waals surface area (Å²) in [6, 6.07) is 11.9. The zero-order chi connectivity index (χ0) is 15.9. The Morgan fingerprint density at radius 1 is 1.14 bits per heavy atom. The van der Waals surface area contributed by atoms with Gasteiger partial charge in [0.2, 0.25) is 0 Å². The van der Waals surface area contributed by atoms with Crippen molar-refractivity contribution in [2.45, 2.75) is 26.0 Å². The zero-order valence-electron chi connectivity index (χ0n) is 13.4. The lowest BCUT2D eigenvalue weighted by Crippen LogP contribution is -2.29. The number of ether oxygens (including phenoxy) is 1. The molecule has 0 aliphatic heterocycles. The molecule has 4 heteroatoms. The molecule has 0 aliphatic carbocycles. The number of nitrogens with one attached hydrogen (secondary N) is 1. The molecule has 1 aromatic carbocycles. The predicted octanol–water partition coefficient (Wildman–Crippen LogP) is 3.11. The molecule has 2 aromatic rings. The molecule has 22 heavy (non-hydrogen) atoms. The number of aliphatic hydroxyl groups is 1. The van der Waals surface area contributed by atoms with Crippen LogP contribution in [0.5, 0.6) is 5.75 Å². The monoisotopic (exact) mass is 300 g/mol. The molecule has 0 bridgehead atoms. The van der Waals surface area contributed by atoms with Gasteiger partial charge in [0, 0.05) is 30.5 Å².